The highest BCUT2D eigenvalue weighted by atomic mass is 32.2. The number of nitrogens with zero attached hydrogens (tertiary/aromatic N) is 1. The summed E-state index contributed by atoms with van der Waals surface area (Å²) < 4.78 is 52.3. The first kappa shape index (κ1) is 19.4. The summed E-state index contributed by atoms with van der Waals surface area (Å²) in [6, 6.07) is 3.59. The summed E-state index contributed by atoms with van der Waals surface area (Å²) in [7, 11) is -6.71. The lowest BCUT2D eigenvalue weighted by Crippen LogP contribution is -2.41. The van der Waals surface area contributed by atoms with E-state index in [1.54, 1.807) is 13.0 Å². The lowest BCUT2D eigenvalue weighted by molar-refractivity contribution is 0.275. The zero-order chi connectivity index (χ0) is 18.1. The van der Waals surface area contributed by atoms with Gasteiger partial charge in [0, 0.05) is 19.6 Å². The molecule has 0 bridgehead atoms. The highest BCUT2D eigenvalue weighted by Gasteiger charge is 2.26. The monoisotopic (exact) mass is 374 g/mol. The summed E-state index contributed by atoms with van der Waals surface area (Å²) in [6.07, 6.45) is 2.54. The van der Waals surface area contributed by atoms with Gasteiger partial charge in [-0.05, 0) is 62.3 Å². The third-order valence-electron chi connectivity index (χ3n) is 4.69. The van der Waals surface area contributed by atoms with E-state index in [2.05, 4.69) is 4.72 Å². The van der Waals surface area contributed by atoms with Gasteiger partial charge in [0.05, 0.1) is 11.2 Å². The van der Waals surface area contributed by atoms with Crippen molar-refractivity contribution in [3.63, 3.8) is 0 Å². The Hall–Kier alpha value is -0.960. The number of hydrogen-bond donors (Lipinski definition) is 1. The molecule has 0 radical (unpaired) electrons. The Bertz CT molecular complexity index is 809. The van der Waals surface area contributed by atoms with Crippen molar-refractivity contribution in [1.82, 2.24) is 9.03 Å². The number of sulfonamides is 2. The van der Waals surface area contributed by atoms with E-state index in [9.17, 15) is 16.8 Å². The van der Waals surface area contributed by atoms with Crippen LogP contribution >= 0.6 is 0 Å². The van der Waals surface area contributed by atoms with Gasteiger partial charge in [0.25, 0.3) is 0 Å². The minimum atomic E-state index is -3.55. The van der Waals surface area contributed by atoms with Crippen LogP contribution in [0.1, 0.15) is 29.5 Å². The molecule has 0 atom stereocenters. The molecule has 2 rings (SSSR count). The van der Waals surface area contributed by atoms with E-state index in [1.807, 2.05) is 19.9 Å². The lowest BCUT2D eigenvalue weighted by Gasteiger charge is -2.30. The van der Waals surface area contributed by atoms with E-state index >= 15 is 0 Å². The summed E-state index contributed by atoms with van der Waals surface area (Å²) in [4.78, 5) is 0.319. The van der Waals surface area contributed by atoms with Crippen molar-refractivity contribution in [3.8, 4) is 0 Å². The van der Waals surface area contributed by atoms with Gasteiger partial charge in [-0.15, -0.1) is 0 Å². The second kappa shape index (κ2) is 7.11. The van der Waals surface area contributed by atoms with Crippen LogP contribution in [0.2, 0.25) is 0 Å². The van der Waals surface area contributed by atoms with E-state index in [1.165, 1.54) is 10.6 Å². The van der Waals surface area contributed by atoms with Gasteiger partial charge >= 0.3 is 0 Å². The fraction of sp³-hybridized carbons (Fsp3) is 0.625. The molecule has 1 aliphatic heterocycles. The largest absolute Gasteiger partial charge is 0.240 e. The molecular formula is C16H26N2O4S2. The summed E-state index contributed by atoms with van der Waals surface area (Å²) in [6.45, 7) is 6.90. The number of rotatable bonds is 5. The molecule has 1 aromatic rings. The van der Waals surface area contributed by atoms with Gasteiger partial charge in [-0.2, -0.15) is 0 Å². The van der Waals surface area contributed by atoms with E-state index in [-0.39, 0.29) is 5.92 Å². The van der Waals surface area contributed by atoms with Crippen molar-refractivity contribution in [1.29, 1.82) is 0 Å². The van der Waals surface area contributed by atoms with Gasteiger partial charge in [0.15, 0.2) is 0 Å². The van der Waals surface area contributed by atoms with Crippen molar-refractivity contribution in [2.45, 2.75) is 38.5 Å². The maximum Gasteiger partial charge on any atom is 0.240 e. The van der Waals surface area contributed by atoms with Gasteiger partial charge in [0.2, 0.25) is 20.0 Å². The molecule has 1 aliphatic rings. The number of benzene rings is 1. The maximum absolute atomic E-state index is 12.6. The number of hydrogen-bond acceptors (Lipinski definition) is 4. The number of piperidine rings is 1. The Morgan fingerprint density at radius 1 is 1.00 bits per heavy atom. The van der Waals surface area contributed by atoms with Crippen LogP contribution in [0.3, 0.4) is 0 Å². The second-order valence-electron chi connectivity index (χ2n) is 6.66. The van der Waals surface area contributed by atoms with Crippen LogP contribution in [0, 0.1) is 26.7 Å². The summed E-state index contributed by atoms with van der Waals surface area (Å²) in [5.74, 6) is 0.157. The van der Waals surface area contributed by atoms with Crippen LogP contribution in [0.5, 0.6) is 0 Å². The summed E-state index contributed by atoms with van der Waals surface area (Å²) in [5.41, 5.74) is 2.75. The molecule has 6 nitrogen and oxygen atoms in total. The molecule has 1 fully saturated rings. The highest BCUT2D eigenvalue weighted by Crippen LogP contribution is 2.22. The first-order valence-electron chi connectivity index (χ1n) is 8.03. The molecule has 136 valence electrons. The van der Waals surface area contributed by atoms with E-state index in [0.29, 0.717) is 37.4 Å². The lowest BCUT2D eigenvalue weighted by atomic mass is 9.99. The molecule has 1 saturated heterocycles. The fourth-order valence-electron chi connectivity index (χ4n) is 2.97. The van der Waals surface area contributed by atoms with E-state index in [0.717, 1.165) is 16.7 Å². The molecule has 1 N–H and O–H groups in total. The minimum absolute atomic E-state index is 0.157. The second-order valence-corrected chi connectivity index (χ2v) is 10.4. The molecule has 0 aliphatic carbocycles. The average molecular weight is 375 g/mol. The highest BCUT2D eigenvalue weighted by molar-refractivity contribution is 7.89. The molecule has 1 aromatic carbocycles. The quantitative estimate of drug-likeness (QED) is 0.848. The van der Waals surface area contributed by atoms with Crippen molar-refractivity contribution in [3.05, 3.63) is 28.8 Å². The van der Waals surface area contributed by atoms with Gasteiger partial charge in [-0.1, -0.05) is 6.07 Å². The zero-order valence-electron chi connectivity index (χ0n) is 14.7. The standard InChI is InChI=1S/C16H26N2O4S2/c1-12-9-14(3)16(10-13(12)2)24(21,22)17-11-15-5-7-18(8-6-15)23(4,19)20/h9-10,15,17H,5-8,11H2,1-4H3. The molecule has 0 unspecified atom stereocenters. The van der Waals surface area contributed by atoms with Crippen LogP contribution in [-0.2, 0) is 20.0 Å². The molecule has 8 heteroatoms. The Morgan fingerprint density at radius 2 is 1.54 bits per heavy atom. The van der Waals surface area contributed by atoms with Crippen molar-refractivity contribution >= 4 is 20.0 Å². The first-order valence-corrected chi connectivity index (χ1v) is 11.4. The number of nitrogens with one attached hydrogen (secondary N) is 1. The summed E-state index contributed by atoms with van der Waals surface area (Å²) >= 11 is 0. The SMILES string of the molecule is Cc1cc(C)c(S(=O)(=O)NCC2CCN(S(C)(=O)=O)CC2)cc1C. The van der Waals surface area contributed by atoms with Gasteiger partial charge in [-0.3, -0.25) is 0 Å². The van der Waals surface area contributed by atoms with Gasteiger partial charge in [-0.25, -0.2) is 25.9 Å². The first-order chi connectivity index (χ1) is 11.0. The van der Waals surface area contributed by atoms with Crippen LogP contribution in [0.4, 0.5) is 0 Å². The Labute approximate surface area is 145 Å². The van der Waals surface area contributed by atoms with Crippen LogP contribution in [0.25, 0.3) is 0 Å². The zero-order valence-corrected chi connectivity index (χ0v) is 16.3. The van der Waals surface area contributed by atoms with Gasteiger partial charge < -0.3 is 0 Å². The predicted molar refractivity (Wildman–Crippen MR) is 95.0 cm³/mol. The van der Waals surface area contributed by atoms with Crippen LogP contribution in [-0.4, -0.2) is 47.0 Å². The molecule has 1 heterocycles. The molecular weight excluding hydrogens is 348 g/mol. The van der Waals surface area contributed by atoms with Crippen molar-refractivity contribution in [2.24, 2.45) is 5.92 Å². The molecule has 0 saturated carbocycles. The van der Waals surface area contributed by atoms with E-state index in [4.69, 9.17) is 0 Å². The third-order valence-corrected chi connectivity index (χ3v) is 7.55. The molecule has 24 heavy (non-hydrogen) atoms. The third kappa shape index (κ3) is 4.56. The maximum atomic E-state index is 12.6. The fourth-order valence-corrected chi connectivity index (χ4v) is 5.27. The van der Waals surface area contributed by atoms with Crippen molar-refractivity contribution < 1.29 is 16.8 Å². The van der Waals surface area contributed by atoms with Crippen LogP contribution < -0.4 is 4.72 Å². The predicted octanol–water partition coefficient (Wildman–Crippen LogP) is 1.56. The molecule has 0 aromatic heterocycles. The topological polar surface area (TPSA) is 83.6 Å². The van der Waals surface area contributed by atoms with Crippen LogP contribution in [0.15, 0.2) is 17.0 Å². The normalized spacial score (nSPS) is 18.0. The van der Waals surface area contributed by atoms with E-state index < -0.39 is 20.0 Å². The molecule has 0 amide bonds. The number of aryl methyl sites for hydroxylation is 3. The molecule has 0 spiro atoms. The van der Waals surface area contributed by atoms with Gasteiger partial charge in [0.1, 0.15) is 0 Å². The average Bonchev–Trinajstić information content (AvgIpc) is 2.48. The minimum Gasteiger partial charge on any atom is -0.213 e. The summed E-state index contributed by atoms with van der Waals surface area (Å²) in [5, 5.41) is 0. The Morgan fingerprint density at radius 3 is 2.08 bits per heavy atom. The Kier molecular flexibility index (Phi) is 5.74. The smallest absolute Gasteiger partial charge is 0.213 e. The van der Waals surface area contributed by atoms with Crippen molar-refractivity contribution in [2.75, 3.05) is 25.9 Å². The Balaban J connectivity index is 2.01.